The fourth-order valence-corrected chi connectivity index (χ4v) is 3.78. The maximum Gasteiger partial charge on any atom is 0.191 e. The van der Waals surface area contributed by atoms with Crippen LogP contribution in [0, 0.1) is 0 Å². The van der Waals surface area contributed by atoms with Crippen LogP contribution in [0.25, 0.3) is 0 Å². The second-order valence-electron chi connectivity index (χ2n) is 7.21. The third kappa shape index (κ3) is 5.69. The predicted molar refractivity (Wildman–Crippen MR) is 109 cm³/mol. The first-order valence-electron chi connectivity index (χ1n) is 9.62. The minimum atomic E-state index is 0.256. The molecule has 2 aliphatic rings. The summed E-state index contributed by atoms with van der Waals surface area (Å²) in [6.45, 7) is 4.14. The molecule has 5 nitrogen and oxygen atoms in total. The molecule has 0 spiro atoms. The Hall–Kier alpha value is -1.11. The van der Waals surface area contributed by atoms with Crippen molar-refractivity contribution in [3.05, 3.63) is 34.3 Å². The van der Waals surface area contributed by atoms with Crippen molar-refractivity contribution < 1.29 is 9.47 Å². The van der Waals surface area contributed by atoms with Crippen LogP contribution in [0.1, 0.15) is 37.7 Å². The molecule has 1 aliphatic heterocycles. The van der Waals surface area contributed by atoms with Gasteiger partial charge in [-0.3, -0.25) is 4.99 Å². The van der Waals surface area contributed by atoms with Crippen molar-refractivity contribution in [3.63, 3.8) is 0 Å². The Kier molecular flexibility index (Phi) is 7.34. The van der Waals surface area contributed by atoms with Crippen LogP contribution in [0.2, 0.25) is 0 Å². The topological polar surface area (TPSA) is 54.9 Å². The molecule has 1 atom stereocenters. The van der Waals surface area contributed by atoms with Gasteiger partial charge in [0.25, 0.3) is 0 Å². The Labute approximate surface area is 165 Å². The highest BCUT2D eigenvalue weighted by molar-refractivity contribution is 9.10. The van der Waals surface area contributed by atoms with Crippen LogP contribution in [0.3, 0.4) is 0 Å². The van der Waals surface area contributed by atoms with E-state index in [1.807, 2.05) is 7.05 Å². The summed E-state index contributed by atoms with van der Waals surface area (Å²) in [6, 6.07) is 8.65. The molecule has 6 heteroatoms. The molecule has 0 bridgehead atoms. The van der Waals surface area contributed by atoms with E-state index in [0.717, 1.165) is 56.2 Å². The molecule has 1 aliphatic carbocycles. The van der Waals surface area contributed by atoms with E-state index in [9.17, 15) is 0 Å². The first-order chi connectivity index (χ1) is 12.7. The smallest absolute Gasteiger partial charge is 0.191 e. The number of benzene rings is 1. The largest absolute Gasteiger partial charge is 0.379 e. The molecule has 0 radical (unpaired) electrons. The van der Waals surface area contributed by atoms with Crippen molar-refractivity contribution in [3.8, 4) is 0 Å². The lowest BCUT2D eigenvalue weighted by molar-refractivity contribution is 0.0168. The monoisotopic (exact) mass is 423 g/mol. The van der Waals surface area contributed by atoms with Crippen LogP contribution < -0.4 is 10.6 Å². The second kappa shape index (κ2) is 9.72. The summed E-state index contributed by atoms with van der Waals surface area (Å²) in [5, 5.41) is 6.87. The third-order valence-electron chi connectivity index (χ3n) is 5.19. The van der Waals surface area contributed by atoms with E-state index in [2.05, 4.69) is 55.8 Å². The van der Waals surface area contributed by atoms with Crippen molar-refractivity contribution in [2.45, 2.75) is 43.6 Å². The van der Waals surface area contributed by atoms with Gasteiger partial charge >= 0.3 is 0 Å². The number of nitrogens with one attached hydrogen (secondary N) is 2. The molecule has 2 fully saturated rings. The van der Waals surface area contributed by atoms with Crippen LogP contribution >= 0.6 is 15.9 Å². The maximum atomic E-state index is 5.70. The van der Waals surface area contributed by atoms with Crippen molar-refractivity contribution >= 4 is 21.9 Å². The number of hydrogen-bond acceptors (Lipinski definition) is 3. The van der Waals surface area contributed by atoms with Crippen LogP contribution in [0.4, 0.5) is 0 Å². The summed E-state index contributed by atoms with van der Waals surface area (Å²) in [6.07, 6.45) is 6.03. The Morgan fingerprint density at radius 2 is 2.27 bits per heavy atom. The molecule has 2 N–H and O–H groups in total. The number of rotatable bonds is 9. The van der Waals surface area contributed by atoms with Crippen LogP contribution in [-0.2, 0) is 14.9 Å². The van der Waals surface area contributed by atoms with E-state index in [4.69, 9.17) is 9.47 Å². The predicted octanol–water partition coefficient (Wildman–Crippen LogP) is 3.23. The lowest BCUT2D eigenvalue weighted by Crippen LogP contribution is -2.41. The fourth-order valence-electron chi connectivity index (χ4n) is 3.38. The molecular formula is C20H30BrN3O2. The summed E-state index contributed by atoms with van der Waals surface area (Å²) in [5.41, 5.74) is 1.66. The van der Waals surface area contributed by atoms with Crippen LogP contribution in [0.15, 0.2) is 33.7 Å². The average Bonchev–Trinajstić information content (AvgIpc) is 3.27. The number of guanidine groups is 1. The number of nitrogens with zero attached hydrogens (tertiary/aromatic N) is 1. The van der Waals surface area contributed by atoms with Gasteiger partial charge in [0.05, 0.1) is 12.7 Å². The van der Waals surface area contributed by atoms with Crippen LogP contribution in [0.5, 0.6) is 0 Å². The van der Waals surface area contributed by atoms with Crippen molar-refractivity contribution in [1.29, 1.82) is 0 Å². The van der Waals surface area contributed by atoms with Gasteiger partial charge in [-0.25, -0.2) is 0 Å². The van der Waals surface area contributed by atoms with E-state index in [-0.39, 0.29) is 5.41 Å². The highest BCUT2D eigenvalue weighted by Gasteiger charge is 2.44. The highest BCUT2D eigenvalue weighted by atomic mass is 79.9. The molecule has 1 aromatic rings. The van der Waals surface area contributed by atoms with Crippen molar-refractivity contribution in [2.75, 3.05) is 40.0 Å². The zero-order valence-electron chi connectivity index (χ0n) is 15.6. The van der Waals surface area contributed by atoms with Gasteiger partial charge in [0.15, 0.2) is 5.96 Å². The molecule has 1 saturated heterocycles. The van der Waals surface area contributed by atoms with Gasteiger partial charge in [0.2, 0.25) is 0 Å². The van der Waals surface area contributed by atoms with Crippen LogP contribution in [-0.4, -0.2) is 52.0 Å². The zero-order valence-corrected chi connectivity index (χ0v) is 17.2. The molecule has 0 aromatic heterocycles. The molecule has 3 rings (SSSR count). The molecular weight excluding hydrogens is 394 g/mol. The molecule has 144 valence electrons. The van der Waals surface area contributed by atoms with E-state index in [1.54, 1.807) is 0 Å². The van der Waals surface area contributed by atoms with Gasteiger partial charge in [-0.2, -0.15) is 0 Å². The summed E-state index contributed by atoms with van der Waals surface area (Å²) < 4.78 is 12.4. The average molecular weight is 424 g/mol. The molecule has 0 amide bonds. The third-order valence-corrected chi connectivity index (χ3v) is 5.69. The van der Waals surface area contributed by atoms with E-state index in [1.165, 1.54) is 24.8 Å². The summed E-state index contributed by atoms with van der Waals surface area (Å²) >= 11 is 3.58. The van der Waals surface area contributed by atoms with Gasteiger partial charge in [0.1, 0.15) is 0 Å². The molecule has 1 aromatic carbocycles. The molecule has 1 heterocycles. The lowest BCUT2D eigenvalue weighted by Gasteiger charge is -2.19. The number of halogens is 1. The van der Waals surface area contributed by atoms with Gasteiger partial charge < -0.3 is 20.1 Å². The van der Waals surface area contributed by atoms with Crippen molar-refractivity contribution in [2.24, 2.45) is 4.99 Å². The SMILES string of the molecule is CN=C(NCCCOCC1CCCO1)NCC1(c2cccc(Br)c2)CC1. The Morgan fingerprint density at radius 1 is 1.38 bits per heavy atom. The Morgan fingerprint density at radius 3 is 2.96 bits per heavy atom. The summed E-state index contributed by atoms with van der Waals surface area (Å²) in [5.74, 6) is 0.866. The summed E-state index contributed by atoms with van der Waals surface area (Å²) in [7, 11) is 1.82. The fraction of sp³-hybridized carbons (Fsp3) is 0.650. The highest BCUT2D eigenvalue weighted by Crippen LogP contribution is 2.48. The summed E-state index contributed by atoms with van der Waals surface area (Å²) in [4.78, 5) is 4.34. The Bertz CT molecular complexity index is 598. The van der Waals surface area contributed by atoms with Gasteiger partial charge in [-0.1, -0.05) is 28.1 Å². The number of aliphatic imine (C=N–C) groups is 1. The van der Waals surface area contributed by atoms with E-state index < -0.39 is 0 Å². The molecule has 1 unspecified atom stereocenters. The van der Waals surface area contributed by atoms with Crippen molar-refractivity contribution in [1.82, 2.24) is 10.6 Å². The van der Waals surface area contributed by atoms with E-state index in [0.29, 0.717) is 6.10 Å². The quantitative estimate of drug-likeness (QED) is 0.363. The van der Waals surface area contributed by atoms with Gasteiger partial charge in [-0.05, 0) is 49.8 Å². The molecule has 1 saturated carbocycles. The van der Waals surface area contributed by atoms with Gasteiger partial charge in [0, 0.05) is 43.2 Å². The number of hydrogen-bond donors (Lipinski definition) is 2. The second-order valence-corrected chi connectivity index (χ2v) is 8.12. The van der Waals surface area contributed by atoms with Gasteiger partial charge in [-0.15, -0.1) is 0 Å². The minimum Gasteiger partial charge on any atom is -0.379 e. The Balaban J connectivity index is 1.32. The lowest BCUT2D eigenvalue weighted by atomic mass is 9.96. The minimum absolute atomic E-state index is 0.256. The normalized spacial score (nSPS) is 21.6. The first kappa shape index (κ1) is 19.6. The maximum absolute atomic E-state index is 5.70. The van der Waals surface area contributed by atoms with E-state index >= 15 is 0 Å². The molecule has 26 heavy (non-hydrogen) atoms. The standard InChI is InChI=1S/C20H30BrN3O2/c1-22-19(23-10-4-11-25-14-18-7-3-12-26-18)24-15-20(8-9-20)16-5-2-6-17(21)13-16/h2,5-6,13,18H,3-4,7-12,14-15H2,1H3,(H2,22,23,24). The number of ether oxygens (including phenoxy) is 2. The first-order valence-corrected chi connectivity index (χ1v) is 10.4. The zero-order chi connectivity index (χ0) is 18.2.